The van der Waals surface area contributed by atoms with Crippen LogP contribution in [-0.4, -0.2) is 75.3 Å². The van der Waals surface area contributed by atoms with Crippen molar-refractivity contribution in [3.8, 4) is 0 Å². The molecule has 7 heteroatoms. The van der Waals surface area contributed by atoms with E-state index in [-0.39, 0.29) is 11.9 Å². The largest absolute Gasteiger partial charge is 0.379 e. The lowest BCUT2D eigenvalue weighted by molar-refractivity contribution is -0.121. The van der Waals surface area contributed by atoms with Gasteiger partial charge in [0.05, 0.1) is 13.2 Å². The summed E-state index contributed by atoms with van der Waals surface area (Å²) in [5.74, 6) is 1.37. The van der Waals surface area contributed by atoms with Gasteiger partial charge in [0.1, 0.15) is 0 Å². The summed E-state index contributed by atoms with van der Waals surface area (Å²) in [4.78, 5) is 18.6. The van der Waals surface area contributed by atoms with Crippen LogP contribution in [0, 0.1) is 5.92 Å². The summed E-state index contributed by atoms with van der Waals surface area (Å²) >= 11 is 0. The number of ether oxygens (including phenoxy) is 1. The quantitative estimate of drug-likeness (QED) is 0.421. The number of nitrogens with one attached hydrogen (secondary N) is 3. The van der Waals surface area contributed by atoms with Gasteiger partial charge in [0, 0.05) is 51.7 Å². The van der Waals surface area contributed by atoms with Crippen molar-refractivity contribution in [3.05, 3.63) is 0 Å². The van der Waals surface area contributed by atoms with Crippen LogP contribution in [0.15, 0.2) is 4.99 Å². The van der Waals surface area contributed by atoms with Crippen molar-refractivity contribution in [2.24, 2.45) is 10.9 Å². The van der Waals surface area contributed by atoms with Gasteiger partial charge >= 0.3 is 0 Å². The van der Waals surface area contributed by atoms with E-state index in [1.807, 2.05) is 6.92 Å². The Morgan fingerprint density at radius 3 is 2.44 bits per heavy atom. The molecule has 0 aliphatic carbocycles. The average Bonchev–Trinajstić information content (AvgIpc) is 2.60. The van der Waals surface area contributed by atoms with Crippen molar-refractivity contribution in [3.63, 3.8) is 0 Å². The van der Waals surface area contributed by atoms with Gasteiger partial charge in [-0.2, -0.15) is 0 Å². The van der Waals surface area contributed by atoms with Gasteiger partial charge in [0.15, 0.2) is 5.96 Å². The highest BCUT2D eigenvalue weighted by Gasteiger charge is 2.23. The third-order valence-electron chi connectivity index (χ3n) is 4.65. The van der Waals surface area contributed by atoms with Crippen LogP contribution < -0.4 is 16.0 Å². The average molecular weight is 356 g/mol. The van der Waals surface area contributed by atoms with Gasteiger partial charge in [-0.15, -0.1) is 0 Å². The molecule has 25 heavy (non-hydrogen) atoms. The van der Waals surface area contributed by atoms with E-state index in [1.165, 1.54) is 0 Å². The molecule has 0 radical (unpaired) electrons. The molecule has 1 amide bonds. The molecule has 1 aliphatic heterocycles. The van der Waals surface area contributed by atoms with Crippen LogP contribution in [0.4, 0.5) is 0 Å². The lowest BCUT2D eigenvalue weighted by Gasteiger charge is -2.37. The maximum Gasteiger partial charge on any atom is 0.221 e. The van der Waals surface area contributed by atoms with Gasteiger partial charge in [-0.25, -0.2) is 0 Å². The lowest BCUT2D eigenvalue weighted by Crippen LogP contribution is -2.52. The number of nitrogens with zero attached hydrogens (tertiary/aromatic N) is 2. The fraction of sp³-hybridized carbons (Fsp3) is 0.889. The molecule has 0 bridgehead atoms. The molecule has 0 aromatic carbocycles. The first-order chi connectivity index (χ1) is 12.0. The number of amides is 1. The number of guanidine groups is 1. The number of rotatable bonds is 9. The number of aliphatic imine (C=N–C) groups is 1. The van der Waals surface area contributed by atoms with Gasteiger partial charge in [-0.1, -0.05) is 20.8 Å². The Hall–Kier alpha value is -1.34. The summed E-state index contributed by atoms with van der Waals surface area (Å²) in [6, 6.07) is 0.668. The van der Waals surface area contributed by atoms with E-state index in [1.54, 1.807) is 7.05 Å². The first-order valence-electron chi connectivity index (χ1n) is 9.53. The van der Waals surface area contributed by atoms with Gasteiger partial charge in [-0.3, -0.25) is 14.7 Å². The van der Waals surface area contributed by atoms with E-state index in [2.05, 4.69) is 46.6 Å². The third kappa shape index (κ3) is 8.54. The van der Waals surface area contributed by atoms with E-state index in [9.17, 15) is 4.79 Å². The highest BCUT2D eigenvalue weighted by Crippen LogP contribution is 2.12. The van der Waals surface area contributed by atoms with Gasteiger partial charge in [0.2, 0.25) is 5.91 Å². The smallest absolute Gasteiger partial charge is 0.221 e. The molecule has 2 unspecified atom stereocenters. The lowest BCUT2D eigenvalue weighted by atomic mass is 10.0. The molecule has 1 fully saturated rings. The van der Waals surface area contributed by atoms with Gasteiger partial charge in [0.25, 0.3) is 0 Å². The Morgan fingerprint density at radius 2 is 1.88 bits per heavy atom. The number of carbonyl (C=O) groups excluding carboxylic acids is 1. The van der Waals surface area contributed by atoms with Crippen LogP contribution in [0.25, 0.3) is 0 Å². The van der Waals surface area contributed by atoms with Crippen molar-refractivity contribution in [1.29, 1.82) is 0 Å². The summed E-state index contributed by atoms with van der Waals surface area (Å²) in [5.41, 5.74) is 0. The van der Waals surface area contributed by atoms with Crippen molar-refractivity contribution in [2.45, 2.75) is 52.6 Å². The first kappa shape index (κ1) is 21.7. The number of hydrogen-bond acceptors (Lipinski definition) is 4. The monoisotopic (exact) mass is 355 g/mol. The molecule has 2 atom stereocenters. The van der Waals surface area contributed by atoms with E-state index in [0.717, 1.165) is 45.2 Å². The molecule has 1 saturated heterocycles. The number of hydrogen-bond donors (Lipinski definition) is 3. The van der Waals surface area contributed by atoms with Crippen LogP contribution in [0.2, 0.25) is 0 Å². The van der Waals surface area contributed by atoms with Crippen LogP contribution in [0.5, 0.6) is 0 Å². The molecule has 0 aromatic heterocycles. The molecule has 1 aliphatic rings. The molecule has 0 saturated carbocycles. The topological polar surface area (TPSA) is 78.0 Å². The minimum absolute atomic E-state index is 0.0747. The number of carbonyl (C=O) groups is 1. The van der Waals surface area contributed by atoms with E-state index >= 15 is 0 Å². The Balaban J connectivity index is 2.35. The van der Waals surface area contributed by atoms with E-state index in [0.29, 0.717) is 24.9 Å². The van der Waals surface area contributed by atoms with Crippen LogP contribution in [-0.2, 0) is 9.53 Å². The predicted octanol–water partition coefficient (Wildman–Crippen LogP) is 0.813. The molecule has 0 spiro atoms. The summed E-state index contributed by atoms with van der Waals surface area (Å²) in [6.45, 7) is 13.6. The Labute approximate surface area is 153 Å². The van der Waals surface area contributed by atoms with E-state index in [4.69, 9.17) is 4.74 Å². The highest BCUT2D eigenvalue weighted by molar-refractivity contribution is 5.81. The van der Waals surface area contributed by atoms with Gasteiger partial charge < -0.3 is 20.7 Å². The van der Waals surface area contributed by atoms with Crippen LogP contribution in [0.3, 0.4) is 0 Å². The standard InChI is InChI=1S/C18H37N5O2/c1-6-15(4)22-17(24)7-8-20-18(19-5)21-13-16(14(2)3)23-9-11-25-12-10-23/h14-16H,6-13H2,1-5H3,(H,22,24)(H2,19,20,21). The zero-order chi connectivity index (χ0) is 18.7. The minimum Gasteiger partial charge on any atom is -0.379 e. The Bertz CT molecular complexity index is 408. The van der Waals surface area contributed by atoms with Crippen molar-refractivity contribution >= 4 is 11.9 Å². The Kier molecular flexibility index (Phi) is 10.5. The summed E-state index contributed by atoms with van der Waals surface area (Å²) in [6.07, 6.45) is 1.39. The fourth-order valence-corrected chi connectivity index (χ4v) is 2.86. The second-order valence-corrected chi connectivity index (χ2v) is 6.97. The molecule has 0 aromatic rings. The summed E-state index contributed by atoms with van der Waals surface area (Å²) in [5, 5.41) is 9.59. The second kappa shape index (κ2) is 12.1. The zero-order valence-corrected chi connectivity index (χ0v) is 16.6. The normalized spacial score (nSPS) is 18.7. The fourth-order valence-electron chi connectivity index (χ4n) is 2.86. The van der Waals surface area contributed by atoms with Crippen LogP contribution in [0.1, 0.15) is 40.5 Å². The van der Waals surface area contributed by atoms with Crippen molar-refractivity contribution < 1.29 is 9.53 Å². The molecule has 1 rings (SSSR count). The Morgan fingerprint density at radius 1 is 1.20 bits per heavy atom. The maximum absolute atomic E-state index is 11.8. The highest BCUT2D eigenvalue weighted by atomic mass is 16.5. The minimum atomic E-state index is 0.0747. The molecular formula is C18H37N5O2. The maximum atomic E-state index is 11.8. The van der Waals surface area contributed by atoms with Gasteiger partial charge in [-0.05, 0) is 19.3 Å². The molecule has 7 nitrogen and oxygen atoms in total. The van der Waals surface area contributed by atoms with Crippen LogP contribution >= 0.6 is 0 Å². The first-order valence-corrected chi connectivity index (χ1v) is 9.53. The summed E-state index contributed by atoms with van der Waals surface area (Å²) in [7, 11) is 1.76. The SMILES string of the molecule is CCC(C)NC(=O)CCNC(=NC)NCC(C(C)C)N1CCOCC1. The number of morpholine rings is 1. The molecule has 146 valence electrons. The van der Waals surface area contributed by atoms with Crippen molar-refractivity contribution in [1.82, 2.24) is 20.9 Å². The van der Waals surface area contributed by atoms with E-state index < -0.39 is 0 Å². The molecule has 3 N–H and O–H groups in total. The zero-order valence-electron chi connectivity index (χ0n) is 16.6. The molecule has 1 heterocycles. The molecular weight excluding hydrogens is 318 g/mol. The third-order valence-corrected chi connectivity index (χ3v) is 4.65. The second-order valence-electron chi connectivity index (χ2n) is 6.97. The van der Waals surface area contributed by atoms with Crippen molar-refractivity contribution in [2.75, 3.05) is 46.4 Å². The predicted molar refractivity (Wildman–Crippen MR) is 103 cm³/mol. The summed E-state index contributed by atoms with van der Waals surface area (Å²) < 4.78 is 5.45.